The van der Waals surface area contributed by atoms with E-state index in [-0.39, 0.29) is 12.3 Å². The highest BCUT2D eigenvalue weighted by Crippen LogP contribution is 2.27. The number of aromatic nitrogens is 2. The zero-order valence-electron chi connectivity index (χ0n) is 19.1. The van der Waals surface area contributed by atoms with Gasteiger partial charge in [-0.2, -0.15) is 0 Å². The molecule has 178 valence electrons. The lowest BCUT2D eigenvalue weighted by molar-refractivity contribution is -0.122. The van der Waals surface area contributed by atoms with Gasteiger partial charge in [0.2, 0.25) is 0 Å². The van der Waals surface area contributed by atoms with E-state index in [1.165, 1.54) is 50.4 Å². The van der Waals surface area contributed by atoms with Crippen LogP contribution in [-0.4, -0.2) is 21.5 Å². The van der Waals surface area contributed by atoms with E-state index in [9.17, 15) is 4.39 Å². The Labute approximate surface area is 200 Å². The molecule has 4 N–H and O–H groups in total. The molecule has 0 atom stereocenters. The molecule has 8 heteroatoms. The van der Waals surface area contributed by atoms with Crippen molar-refractivity contribution in [3.05, 3.63) is 71.1 Å². The van der Waals surface area contributed by atoms with Crippen LogP contribution >= 0.6 is 11.6 Å². The molecule has 0 amide bonds. The number of hydrogen-bond donors (Lipinski definition) is 3. The topological polar surface area (TPSA) is 101 Å². The Bertz CT molecular complexity index is 961. The Morgan fingerprint density at radius 1 is 1.09 bits per heavy atom. The standard InChI is InChI=1S/C17H14ClFN4.C5H10.C2H6.CH2O2/c18-14-10-21-16(20)8-13(14)15-5-2-6-17(23-15)22-9-11-3-1-4-12(19)7-11;1-2-4-5-3-1;1-2;2-1-3/h1-8,10H,9H2,(H2,20,21)(H,22,23);1-5H2;1-2H3;1H,(H,2,3). The number of nitrogens with two attached hydrogens (primary N) is 1. The third-order valence-corrected chi connectivity index (χ3v) is 4.82. The predicted octanol–water partition coefficient (Wildman–Crippen LogP) is 6.81. The average molecular weight is 475 g/mol. The monoisotopic (exact) mass is 474 g/mol. The number of carboxylic acid groups (broad SMARTS) is 1. The molecule has 2 heterocycles. The lowest BCUT2D eigenvalue weighted by Gasteiger charge is -2.09. The van der Waals surface area contributed by atoms with Gasteiger partial charge in [-0.3, -0.25) is 4.79 Å². The maximum Gasteiger partial charge on any atom is 0.290 e. The van der Waals surface area contributed by atoms with Crippen molar-refractivity contribution >= 4 is 29.7 Å². The summed E-state index contributed by atoms with van der Waals surface area (Å²) < 4.78 is 13.2. The van der Waals surface area contributed by atoms with Gasteiger partial charge in [0.15, 0.2) is 0 Å². The molecule has 0 radical (unpaired) electrons. The third-order valence-electron chi connectivity index (χ3n) is 4.51. The van der Waals surface area contributed by atoms with Gasteiger partial charge in [-0.05, 0) is 35.9 Å². The lowest BCUT2D eigenvalue weighted by atomic mass is 10.1. The number of pyridine rings is 2. The summed E-state index contributed by atoms with van der Waals surface area (Å²) in [6.07, 6.45) is 9.00. The number of nitrogens with zero attached hydrogens (tertiary/aromatic N) is 2. The molecule has 1 aromatic carbocycles. The first-order valence-electron chi connectivity index (χ1n) is 11.0. The maximum atomic E-state index is 13.2. The van der Waals surface area contributed by atoms with Crippen molar-refractivity contribution in [2.75, 3.05) is 11.1 Å². The Hall–Kier alpha value is -3.19. The number of carbonyl (C=O) groups is 1. The number of nitrogens with one attached hydrogen (secondary N) is 1. The molecule has 6 nitrogen and oxygen atoms in total. The molecule has 0 unspecified atom stereocenters. The predicted molar refractivity (Wildman–Crippen MR) is 134 cm³/mol. The Morgan fingerprint density at radius 2 is 1.70 bits per heavy atom. The van der Waals surface area contributed by atoms with Crippen molar-refractivity contribution in [3.63, 3.8) is 0 Å². The van der Waals surface area contributed by atoms with Crippen LogP contribution in [0.2, 0.25) is 5.02 Å². The summed E-state index contributed by atoms with van der Waals surface area (Å²) >= 11 is 6.15. The molecule has 1 saturated carbocycles. The summed E-state index contributed by atoms with van der Waals surface area (Å²) in [6, 6.07) is 13.6. The molecule has 33 heavy (non-hydrogen) atoms. The highest BCUT2D eigenvalue weighted by Gasteiger charge is 2.07. The van der Waals surface area contributed by atoms with Crippen LogP contribution in [0.3, 0.4) is 0 Å². The quantitative estimate of drug-likeness (QED) is 0.359. The van der Waals surface area contributed by atoms with Crippen LogP contribution < -0.4 is 11.1 Å². The molecule has 0 bridgehead atoms. The minimum absolute atomic E-state index is 0.250. The first kappa shape index (κ1) is 27.8. The number of nitrogen functional groups attached to an aromatic ring is 1. The van der Waals surface area contributed by atoms with Crippen molar-refractivity contribution in [3.8, 4) is 11.3 Å². The molecule has 1 aliphatic carbocycles. The van der Waals surface area contributed by atoms with Crippen LogP contribution in [0.5, 0.6) is 0 Å². The summed E-state index contributed by atoms with van der Waals surface area (Å²) in [5.74, 6) is 0.785. The minimum atomic E-state index is -0.259. The maximum absolute atomic E-state index is 13.2. The van der Waals surface area contributed by atoms with E-state index < -0.39 is 0 Å². The second-order valence-corrected chi connectivity index (χ2v) is 7.26. The third kappa shape index (κ3) is 10.8. The second kappa shape index (κ2) is 16.4. The molecule has 0 saturated heterocycles. The van der Waals surface area contributed by atoms with Crippen molar-refractivity contribution < 1.29 is 14.3 Å². The van der Waals surface area contributed by atoms with Crippen LogP contribution in [0.1, 0.15) is 51.5 Å². The fraction of sp³-hybridized carbons (Fsp3) is 0.320. The minimum Gasteiger partial charge on any atom is -0.483 e. The van der Waals surface area contributed by atoms with E-state index in [2.05, 4.69) is 15.3 Å². The van der Waals surface area contributed by atoms with Crippen molar-refractivity contribution in [2.24, 2.45) is 0 Å². The molecule has 0 aliphatic heterocycles. The number of rotatable bonds is 4. The summed E-state index contributed by atoms with van der Waals surface area (Å²) in [5, 5.41) is 10.5. The van der Waals surface area contributed by atoms with E-state index in [1.807, 2.05) is 38.1 Å². The molecule has 1 aliphatic rings. The van der Waals surface area contributed by atoms with Gasteiger partial charge in [0.25, 0.3) is 6.47 Å². The van der Waals surface area contributed by atoms with E-state index in [4.69, 9.17) is 27.2 Å². The number of halogens is 2. The van der Waals surface area contributed by atoms with Gasteiger partial charge < -0.3 is 16.2 Å². The molecular formula is C25H32ClFN4O2. The number of hydrogen-bond acceptors (Lipinski definition) is 5. The normalized spacial score (nSPS) is 11.5. The van der Waals surface area contributed by atoms with Gasteiger partial charge in [0, 0.05) is 18.3 Å². The van der Waals surface area contributed by atoms with Gasteiger partial charge in [0.05, 0.1) is 10.7 Å². The molecule has 2 aromatic heterocycles. The zero-order chi connectivity index (χ0) is 24.5. The fourth-order valence-corrected chi connectivity index (χ4v) is 3.26. The summed E-state index contributed by atoms with van der Waals surface area (Å²) in [4.78, 5) is 16.8. The van der Waals surface area contributed by atoms with E-state index in [1.54, 1.807) is 12.1 Å². The Balaban J connectivity index is 0.000000458. The van der Waals surface area contributed by atoms with Gasteiger partial charge in [-0.1, -0.05) is 75.8 Å². The van der Waals surface area contributed by atoms with Gasteiger partial charge in [-0.15, -0.1) is 0 Å². The summed E-state index contributed by atoms with van der Waals surface area (Å²) in [5.41, 5.74) is 7.94. The van der Waals surface area contributed by atoms with E-state index in [0.29, 0.717) is 34.5 Å². The first-order chi connectivity index (χ1) is 16.0. The highest BCUT2D eigenvalue weighted by molar-refractivity contribution is 6.33. The number of benzene rings is 1. The van der Waals surface area contributed by atoms with Gasteiger partial charge in [-0.25, -0.2) is 14.4 Å². The lowest BCUT2D eigenvalue weighted by Crippen LogP contribution is -2.02. The fourth-order valence-electron chi connectivity index (χ4n) is 3.06. The zero-order valence-corrected chi connectivity index (χ0v) is 19.9. The molecule has 0 spiro atoms. The van der Waals surface area contributed by atoms with Crippen LogP contribution in [0, 0.1) is 5.82 Å². The van der Waals surface area contributed by atoms with E-state index in [0.717, 1.165) is 5.56 Å². The molecule has 4 rings (SSSR count). The molecule has 3 aromatic rings. The summed E-state index contributed by atoms with van der Waals surface area (Å²) in [6.45, 7) is 4.22. The molecule has 1 fully saturated rings. The largest absolute Gasteiger partial charge is 0.483 e. The second-order valence-electron chi connectivity index (χ2n) is 6.85. The van der Waals surface area contributed by atoms with E-state index >= 15 is 0 Å². The van der Waals surface area contributed by atoms with Crippen LogP contribution in [-0.2, 0) is 11.3 Å². The molecular weight excluding hydrogens is 443 g/mol. The van der Waals surface area contributed by atoms with Gasteiger partial charge in [0.1, 0.15) is 17.5 Å². The smallest absolute Gasteiger partial charge is 0.290 e. The first-order valence-corrected chi connectivity index (χ1v) is 11.4. The Morgan fingerprint density at radius 3 is 2.30 bits per heavy atom. The van der Waals surface area contributed by atoms with Crippen LogP contribution in [0.4, 0.5) is 16.0 Å². The number of anilines is 2. The summed E-state index contributed by atoms with van der Waals surface area (Å²) in [7, 11) is 0. The SMILES string of the molecule is C1CCCC1.CC.Nc1cc(-c2cccc(NCc3cccc(F)c3)n2)c(Cl)cn1.O=CO. The average Bonchev–Trinajstić information content (AvgIpc) is 3.42. The highest BCUT2D eigenvalue weighted by atomic mass is 35.5. The van der Waals surface area contributed by atoms with Crippen molar-refractivity contribution in [1.29, 1.82) is 0 Å². The van der Waals surface area contributed by atoms with Crippen molar-refractivity contribution in [1.82, 2.24) is 9.97 Å². The van der Waals surface area contributed by atoms with Crippen LogP contribution in [0.15, 0.2) is 54.7 Å². The van der Waals surface area contributed by atoms with Gasteiger partial charge >= 0.3 is 0 Å². The Kier molecular flexibility index (Phi) is 13.9. The van der Waals surface area contributed by atoms with Crippen molar-refractivity contribution in [2.45, 2.75) is 52.5 Å². The van der Waals surface area contributed by atoms with Crippen LogP contribution in [0.25, 0.3) is 11.3 Å².